The Balaban J connectivity index is 4.32. The Labute approximate surface area is 371 Å². The van der Waals surface area contributed by atoms with Crippen LogP contribution in [0.15, 0.2) is 0 Å². The Bertz CT molecular complexity index is 757. The van der Waals surface area contributed by atoms with Gasteiger partial charge in [0.15, 0.2) is 0 Å². The molecule has 0 saturated heterocycles. The molecule has 0 radical (unpaired) electrons. The van der Waals surface area contributed by atoms with Crippen molar-refractivity contribution in [3.05, 3.63) is 0 Å². The molecule has 344 valence electrons. The van der Waals surface area contributed by atoms with Gasteiger partial charge in [-0.15, -0.1) is 0 Å². The van der Waals surface area contributed by atoms with Crippen molar-refractivity contribution in [3.63, 3.8) is 0 Å². The summed E-state index contributed by atoms with van der Waals surface area (Å²) in [6.07, 6.45) is 53.6. The van der Waals surface area contributed by atoms with Crippen molar-refractivity contribution >= 4 is 41.0 Å². The minimum Gasteiger partial charge on any atom is -0.0654 e. The molecule has 0 bridgehead atoms. The number of unbranched alkanes of at least 4 members (excludes halogenated alkanes) is 39. The zero-order valence-electron chi connectivity index (χ0n) is 39.2. The summed E-state index contributed by atoms with van der Waals surface area (Å²) >= 11 is -4.00. The fraction of sp³-hybridized carbons (Fsp3) is 0.941. The predicted octanol–water partition coefficient (Wildman–Crippen LogP) is 17.2. The van der Waals surface area contributed by atoms with Crippen LogP contribution < -0.4 is 0 Å². The van der Waals surface area contributed by atoms with Crippen LogP contribution in [0.3, 0.4) is 0 Å². The molecule has 0 fully saturated rings. The summed E-state index contributed by atoms with van der Waals surface area (Å²) in [4.78, 5) is 38.3. The maximum atomic E-state index is 12.8. The molecule has 0 spiro atoms. The van der Waals surface area contributed by atoms with Crippen LogP contribution in [0.5, 0.6) is 0 Å². The van der Waals surface area contributed by atoms with Crippen molar-refractivity contribution in [1.29, 1.82) is 0 Å². The smallest absolute Gasteiger partial charge is 0.0654 e. The van der Waals surface area contributed by atoms with E-state index in [4.69, 9.17) is 8.44 Å². The van der Waals surface area contributed by atoms with E-state index in [1.807, 2.05) is 0 Å². The molecule has 0 aromatic rings. The van der Waals surface area contributed by atoms with Crippen LogP contribution in [0.1, 0.15) is 310 Å². The minimum atomic E-state index is -4.00. The predicted molar refractivity (Wildman–Crippen MR) is 249 cm³/mol. The molecule has 0 unspecified atom stereocenters. The first-order valence-corrected chi connectivity index (χ1v) is 30.2. The van der Waals surface area contributed by atoms with E-state index >= 15 is 0 Å². The Hall–Kier alpha value is -0.707. The van der Waals surface area contributed by atoms with Crippen molar-refractivity contribution in [2.45, 2.75) is 310 Å². The molecule has 0 rings (SSSR count). The number of carbonyl (C=O) groups excluding carboxylic acids is 3. The van der Waals surface area contributed by atoms with Crippen LogP contribution >= 0.6 is 0 Å². The quantitative estimate of drug-likeness (QED) is 0.0446. The molecular weight excluding hydrogens is 918 g/mol. The average molecular weight is 1020 g/mol. The fourth-order valence-corrected chi connectivity index (χ4v) is 11.3. The zero-order valence-corrected chi connectivity index (χ0v) is 42.7. The zero-order chi connectivity index (χ0) is 42.3. The van der Waals surface area contributed by atoms with Gasteiger partial charge in [-0.25, -0.2) is 0 Å². The molecule has 0 aromatic heterocycles. The van der Waals surface area contributed by atoms with Crippen LogP contribution in [0.2, 0.25) is 0 Å². The summed E-state index contributed by atoms with van der Waals surface area (Å²) in [5.74, 6) is -1.15. The number of carbonyl (C=O) groups is 3. The molecule has 0 aromatic carbocycles. The van der Waals surface area contributed by atoms with Gasteiger partial charge in [0.05, 0.1) is 0 Å². The van der Waals surface area contributed by atoms with Crippen LogP contribution in [-0.2, 0) is 22.8 Å². The van der Waals surface area contributed by atoms with Gasteiger partial charge in [-0.1, -0.05) is 117 Å². The van der Waals surface area contributed by atoms with Gasteiger partial charge in [0, 0.05) is 0 Å². The molecule has 0 amide bonds. The summed E-state index contributed by atoms with van der Waals surface area (Å²) in [5, 5.41) is 0. The Morgan fingerprint density at radius 2 is 0.379 bits per heavy atom. The summed E-state index contributed by atoms with van der Waals surface area (Å²) < 4.78 is 16.9. The molecule has 0 aliphatic carbocycles. The van der Waals surface area contributed by atoms with Gasteiger partial charge < -0.3 is 0 Å². The van der Waals surface area contributed by atoms with Gasteiger partial charge in [-0.05, 0) is 0 Å². The van der Waals surface area contributed by atoms with Gasteiger partial charge in [0.25, 0.3) is 0 Å². The summed E-state index contributed by atoms with van der Waals surface area (Å²) in [6, 6.07) is 0. The Morgan fingerprint density at radius 3 is 0.534 bits per heavy atom. The second kappa shape index (κ2) is 49.0. The van der Waals surface area contributed by atoms with Gasteiger partial charge in [-0.2, -0.15) is 0 Å². The number of rotatable bonds is 48. The molecule has 58 heavy (non-hydrogen) atoms. The molecule has 6 nitrogen and oxygen atoms in total. The molecule has 0 aliphatic heterocycles. The molecule has 0 N–H and O–H groups in total. The first-order valence-electron chi connectivity index (χ1n) is 26.0. The van der Waals surface area contributed by atoms with E-state index in [0.717, 1.165) is 57.8 Å². The van der Waals surface area contributed by atoms with E-state index < -0.39 is 23.1 Å². The average Bonchev–Trinajstić information content (AvgIpc) is 3.21. The van der Waals surface area contributed by atoms with E-state index in [2.05, 4.69) is 20.8 Å². The van der Waals surface area contributed by atoms with Crippen molar-refractivity contribution in [3.8, 4) is 0 Å². The molecular formula is C51H99BiO6. The van der Waals surface area contributed by atoms with E-state index in [1.165, 1.54) is 212 Å². The standard InChI is InChI=1S/3C17H34O2.Bi/c3*1-2-3-4-5-6-7-8-9-10-11-12-13-14-15-16-17(18)19;/h3*2-16H2,1H3,(H,18,19);/q;;;+3/p-3. The molecule has 0 heterocycles. The maximum absolute atomic E-state index is 12.8. The molecule has 0 aliphatic rings. The molecule has 0 atom stereocenters. The normalized spacial score (nSPS) is 11.4. The third-order valence-electron chi connectivity index (χ3n) is 11.7. The SMILES string of the molecule is CCCCCCCCCCCCCCCCC(=O)[O][Bi]([O]C(=O)CCCCCCCCCCCCCCCC)[O]C(=O)CCCCCCCCCCCCCCCC. The Morgan fingerprint density at radius 1 is 0.241 bits per heavy atom. The monoisotopic (exact) mass is 1020 g/mol. The molecule has 0 saturated carbocycles. The Kier molecular flexibility index (Phi) is 48.4. The number of hydrogen-bond acceptors (Lipinski definition) is 6. The van der Waals surface area contributed by atoms with E-state index in [1.54, 1.807) is 0 Å². The van der Waals surface area contributed by atoms with Crippen LogP contribution in [-0.4, -0.2) is 41.0 Å². The van der Waals surface area contributed by atoms with Gasteiger partial charge in [0.2, 0.25) is 0 Å². The van der Waals surface area contributed by atoms with E-state index in [9.17, 15) is 14.4 Å². The van der Waals surface area contributed by atoms with E-state index in [-0.39, 0.29) is 37.2 Å². The topological polar surface area (TPSA) is 78.9 Å². The van der Waals surface area contributed by atoms with Gasteiger partial charge >= 0.3 is 256 Å². The van der Waals surface area contributed by atoms with Crippen LogP contribution in [0, 0.1) is 0 Å². The van der Waals surface area contributed by atoms with Gasteiger partial charge in [0.1, 0.15) is 0 Å². The second-order valence-corrected chi connectivity index (χ2v) is 21.5. The van der Waals surface area contributed by atoms with Crippen LogP contribution in [0.4, 0.5) is 0 Å². The number of hydrogen-bond donors (Lipinski definition) is 0. The van der Waals surface area contributed by atoms with Crippen molar-refractivity contribution in [2.75, 3.05) is 0 Å². The first-order chi connectivity index (χ1) is 28.5. The first kappa shape index (κ1) is 57.3. The van der Waals surface area contributed by atoms with Crippen molar-refractivity contribution < 1.29 is 22.8 Å². The van der Waals surface area contributed by atoms with Crippen molar-refractivity contribution in [1.82, 2.24) is 0 Å². The van der Waals surface area contributed by atoms with Crippen LogP contribution in [0.25, 0.3) is 0 Å². The summed E-state index contributed by atoms with van der Waals surface area (Å²) in [7, 11) is 0. The molecule has 7 heteroatoms. The third-order valence-corrected chi connectivity index (χ3v) is 15.8. The minimum absolute atomic E-state index is 0.289. The van der Waals surface area contributed by atoms with E-state index in [0.29, 0.717) is 0 Å². The van der Waals surface area contributed by atoms with Crippen molar-refractivity contribution in [2.24, 2.45) is 0 Å². The third kappa shape index (κ3) is 46.4. The second-order valence-electron chi connectivity index (χ2n) is 17.7. The summed E-state index contributed by atoms with van der Waals surface area (Å²) in [6.45, 7) is 6.81. The summed E-state index contributed by atoms with van der Waals surface area (Å²) in [5.41, 5.74) is 0. The fourth-order valence-electron chi connectivity index (χ4n) is 7.83. The van der Waals surface area contributed by atoms with Gasteiger partial charge in [-0.3, -0.25) is 0 Å².